The molecular formula is C22H24F2N4O3S. The third-order valence-corrected chi connectivity index (χ3v) is 8.99. The van der Waals surface area contributed by atoms with Crippen molar-refractivity contribution in [2.75, 3.05) is 25.9 Å². The third-order valence-electron chi connectivity index (χ3n) is 6.31. The first-order valence-corrected chi connectivity index (χ1v) is 11.8. The summed E-state index contributed by atoms with van der Waals surface area (Å²) >= 11 is 0. The van der Waals surface area contributed by atoms with Crippen LogP contribution in [0, 0.1) is 11.6 Å². The summed E-state index contributed by atoms with van der Waals surface area (Å²) in [7, 11) is -1.92. The van der Waals surface area contributed by atoms with Crippen LogP contribution in [-0.2, 0) is 21.8 Å². The molecule has 1 saturated heterocycles. The van der Waals surface area contributed by atoms with Crippen molar-refractivity contribution in [3.8, 4) is 0 Å². The van der Waals surface area contributed by atoms with E-state index in [4.69, 9.17) is 5.73 Å². The quantitative estimate of drug-likeness (QED) is 0.696. The van der Waals surface area contributed by atoms with Gasteiger partial charge in [0.15, 0.2) is 15.6 Å². The first-order valence-electron chi connectivity index (χ1n) is 10.2. The molecule has 2 aliphatic rings. The fraction of sp³-hybridized carbons (Fsp3) is 0.409. The molecule has 0 amide bonds. The van der Waals surface area contributed by atoms with Crippen LogP contribution in [-0.4, -0.2) is 60.6 Å². The van der Waals surface area contributed by atoms with E-state index in [0.717, 1.165) is 12.3 Å². The van der Waals surface area contributed by atoms with Gasteiger partial charge in [-0.05, 0) is 56.8 Å². The summed E-state index contributed by atoms with van der Waals surface area (Å²) < 4.78 is 53.3. The molecule has 1 spiro atoms. The van der Waals surface area contributed by atoms with Gasteiger partial charge in [-0.15, -0.1) is 0 Å². The average molecular weight is 463 g/mol. The highest BCUT2D eigenvalue weighted by molar-refractivity contribution is 7.93. The molecule has 2 N–H and O–H groups in total. The second-order valence-electron chi connectivity index (χ2n) is 8.79. The molecule has 0 radical (unpaired) electrons. The summed E-state index contributed by atoms with van der Waals surface area (Å²) in [6, 6.07) is 6.49. The molecule has 4 rings (SSSR count). The van der Waals surface area contributed by atoms with Crippen molar-refractivity contribution in [3.63, 3.8) is 0 Å². The Morgan fingerprint density at radius 1 is 1.25 bits per heavy atom. The molecule has 2 atom stereocenters. The molecule has 2 aliphatic heterocycles. The lowest BCUT2D eigenvalue weighted by molar-refractivity contribution is 0.0988. The Hall–Kier alpha value is -2.72. The van der Waals surface area contributed by atoms with Crippen LogP contribution in [0.15, 0.2) is 41.5 Å². The van der Waals surface area contributed by atoms with Gasteiger partial charge < -0.3 is 10.6 Å². The Labute approximate surface area is 185 Å². The summed E-state index contributed by atoms with van der Waals surface area (Å²) in [6.45, 7) is 2.37. The predicted molar refractivity (Wildman–Crippen MR) is 116 cm³/mol. The molecule has 1 fully saturated rings. The maximum Gasteiger partial charge on any atom is 0.185 e. The fourth-order valence-electron chi connectivity index (χ4n) is 4.55. The van der Waals surface area contributed by atoms with Gasteiger partial charge in [-0.25, -0.2) is 17.2 Å². The first-order chi connectivity index (χ1) is 15.0. The monoisotopic (exact) mass is 462 g/mol. The Morgan fingerprint density at radius 3 is 2.59 bits per heavy atom. The molecule has 0 saturated carbocycles. The molecule has 3 heterocycles. The zero-order valence-electron chi connectivity index (χ0n) is 17.8. The molecule has 0 bridgehead atoms. The van der Waals surface area contributed by atoms with E-state index in [1.807, 2.05) is 11.9 Å². The number of pyridine rings is 1. The van der Waals surface area contributed by atoms with Crippen LogP contribution < -0.4 is 5.73 Å². The topological polar surface area (TPSA) is 106 Å². The predicted octanol–water partition coefficient (Wildman–Crippen LogP) is 1.86. The van der Waals surface area contributed by atoms with Crippen LogP contribution >= 0.6 is 0 Å². The molecular weight excluding hydrogens is 438 g/mol. The van der Waals surface area contributed by atoms with Crippen LogP contribution in [0.5, 0.6) is 0 Å². The second kappa shape index (κ2) is 7.70. The van der Waals surface area contributed by atoms with Crippen molar-refractivity contribution in [1.29, 1.82) is 0 Å². The number of amidine groups is 1. The first kappa shape index (κ1) is 22.5. The van der Waals surface area contributed by atoms with Crippen LogP contribution in [0.2, 0.25) is 0 Å². The summed E-state index contributed by atoms with van der Waals surface area (Å²) in [5.74, 6) is -1.96. The smallest absolute Gasteiger partial charge is 0.185 e. The number of hydrogen-bond donors (Lipinski definition) is 1. The SMILES string of the molecule is CN1CCC2(C1)C(N)=N[C@](C)(c1cc(CC(=O)c3ccc(F)cn3)ccc1F)CS2(=O)=O. The number of nitrogens with two attached hydrogens (primary N) is 1. The largest absolute Gasteiger partial charge is 0.386 e. The maximum atomic E-state index is 14.9. The van der Waals surface area contributed by atoms with E-state index < -0.39 is 31.8 Å². The van der Waals surface area contributed by atoms with Gasteiger partial charge in [0, 0.05) is 18.5 Å². The van der Waals surface area contributed by atoms with Crippen LogP contribution in [0.3, 0.4) is 0 Å². The van der Waals surface area contributed by atoms with Crippen molar-refractivity contribution in [1.82, 2.24) is 9.88 Å². The Balaban J connectivity index is 1.69. The number of nitrogens with zero attached hydrogens (tertiary/aromatic N) is 3. The van der Waals surface area contributed by atoms with E-state index in [1.165, 1.54) is 31.2 Å². The molecule has 1 aromatic carbocycles. The summed E-state index contributed by atoms with van der Waals surface area (Å²) in [6.07, 6.45) is 1.19. The lowest BCUT2D eigenvalue weighted by atomic mass is 9.90. The zero-order chi connectivity index (χ0) is 23.3. The maximum absolute atomic E-state index is 14.9. The van der Waals surface area contributed by atoms with Gasteiger partial charge in [0.1, 0.15) is 33.4 Å². The van der Waals surface area contributed by atoms with E-state index in [-0.39, 0.29) is 41.6 Å². The van der Waals surface area contributed by atoms with Crippen molar-refractivity contribution in [2.24, 2.45) is 10.7 Å². The van der Waals surface area contributed by atoms with Crippen molar-refractivity contribution >= 4 is 21.5 Å². The number of carbonyl (C=O) groups is 1. The van der Waals surface area contributed by atoms with Gasteiger partial charge >= 0.3 is 0 Å². The zero-order valence-corrected chi connectivity index (χ0v) is 18.6. The van der Waals surface area contributed by atoms with E-state index in [2.05, 4.69) is 9.98 Å². The van der Waals surface area contributed by atoms with Crippen molar-refractivity contribution < 1.29 is 22.0 Å². The van der Waals surface area contributed by atoms with Crippen LogP contribution in [0.25, 0.3) is 0 Å². The number of sulfone groups is 1. The standard InChI is InChI=1S/C22H24F2N4O3S/c1-21(13-32(30,31)22(20(25)27-21)7-8-28(2)12-22)16-9-14(3-5-17(16)24)10-19(29)18-6-4-15(23)11-26-18/h3-6,9,11H,7-8,10,12-13H2,1-2H3,(H2,25,27)/t21-,22?/m0/s1. The second-order valence-corrected chi connectivity index (χ2v) is 11.1. The lowest BCUT2D eigenvalue weighted by Gasteiger charge is -2.39. The number of rotatable bonds is 4. The number of hydrogen-bond acceptors (Lipinski definition) is 7. The molecule has 10 heteroatoms. The number of aliphatic imine (C=N–C) groups is 1. The van der Waals surface area contributed by atoms with Gasteiger partial charge in [0.05, 0.1) is 11.9 Å². The van der Waals surface area contributed by atoms with E-state index in [0.29, 0.717) is 18.5 Å². The highest BCUT2D eigenvalue weighted by Gasteiger charge is 2.57. The number of carbonyl (C=O) groups excluding carboxylic acids is 1. The van der Waals surface area contributed by atoms with Crippen molar-refractivity contribution in [2.45, 2.75) is 30.1 Å². The number of likely N-dealkylation sites (tertiary alicyclic amines) is 1. The Morgan fingerprint density at radius 2 is 2.00 bits per heavy atom. The van der Waals surface area contributed by atoms with Gasteiger partial charge in [0.2, 0.25) is 0 Å². The number of aromatic nitrogens is 1. The minimum atomic E-state index is -3.74. The average Bonchev–Trinajstić information content (AvgIpc) is 3.12. The summed E-state index contributed by atoms with van der Waals surface area (Å²) in [4.78, 5) is 22.7. The number of benzene rings is 1. The third kappa shape index (κ3) is 3.71. The number of Topliss-reactive ketones (excluding diaryl/α,β-unsaturated/α-hetero) is 1. The normalized spacial score (nSPS) is 27.4. The minimum absolute atomic E-state index is 0.00742. The molecule has 0 aliphatic carbocycles. The van der Waals surface area contributed by atoms with E-state index in [9.17, 15) is 22.0 Å². The Kier molecular flexibility index (Phi) is 5.41. The lowest BCUT2D eigenvalue weighted by Crippen LogP contribution is -2.59. The molecule has 1 unspecified atom stereocenters. The van der Waals surface area contributed by atoms with Crippen LogP contribution in [0.4, 0.5) is 8.78 Å². The molecule has 7 nitrogen and oxygen atoms in total. The molecule has 32 heavy (non-hydrogen) atoms. The molecule has 1 aromatic heterocycles. The minimum Gasteiger partial charge on any atom is -0.386 e. The van der Waals surface area contributed by atoms with Crippen molar-refractivity contribution in [3.05, 3.63) is 65.0 Å². The number of halogens is 2. The van der Waals surface area contributed by atoms with E-state index in [1.54, 1.807) is 0 Å². The highest BCUT2D eigenvalue weighted by Crippen LogP contribution is 2.41. The van der Waals surface area contributed by atoms with Gasteiger partial charge in [0.25, 0.3) is 0 Å². The van der Waals surface area contributed by atoms with Crippen LogP contribution in [0.1, 0.15) is 35.0 Å². The summed E-state index contributed by atoms with van der Waals surface area (Å²) in [5.41, 5.74) is 5.39. The fourth-order valence-corrected chi connectivity index (χ4v) is 6.97. The van der Waals surface area contributed by atoms with Gasteiger partial charge in [-0.2, -0.15) is 0 Å². The van der Waals surface area contributed by atoms with E-state index >= 15 is 0 Å². The number of ketones is 1. The summed E-state index contributed by atoms with van der Waals surface area (Å²) in [5, 5.41) is 0. The van der Waals surface area contributed by atoms with Gasteiger partial charge in [-0.1, -0.05) is 6.07 Å². The molecule has 2 aromatic rings. The molecule has 170 valence electrons. The van der Waals surface area contributed by atoms with Gasteiger partial charge in [-0.3, -0.25) is 14.8 Å². The Bertz CT molecular complexity index is 1220. The highest BCUT2D eigenvalue weighted by atomic mass is 32.2.